The van der Waals surface area contributed by atoms with Crippen LogP contribution in [0.4, 0.5) is 14.6 Å². The zero-order valence-electron chi connectivity index (χ0n) is 46.7. The van der Waals surface area contributed by atoms with Crippen LogP contribution in [0.25, 0.3) is 34.3 Å². The van der Waals surface area contributed by atoms with Crippen molar-refractivity contribution in [3.05, 3.63) is 60.3 Å². The topological polar surface area (TPSA) is 137 Å². The van der Waals surface area contributed by atoms with E-state index in [1.807, 2.05) is 24.3 Å². The van der Waals surface area contributed by atoms with E-state index in [0.29, 0.717) is 23.4 Å². The van der Waals surface area contributed by atoms with E-state index in [1.54, 1.807) is 12.1 Å². The van der Waals surface area contributed by atoms with Gasteiger partial charge in [-0.3, -0.25) is 4.39 Å². The van der Waals surface area contributed by atoms with Gasteiger partial charge in [0, 0.05) is 24.2 Å². The molecule has 2 aromatic carbocycles. The number of aromatic nitrogens is 4. The Morgan fingerprint density at radius 2 is 0.818 bits per heavy atom. The minimum absolute atomic E-state index is 0.0653. The van der Waals surface area contributed by atoms with Gasteiger partial charge in [-0.25, -0.2) is 22.8 Å². The average molecular weight is 2140 g/mol. The third kappa shape index (κ3) is 32.1. The molecule has 4 rings (SSSR count). The number of alkyl halides is 2. The van der Waals surface area contributed by atoms with Crippen molar-refractivity contribution in [3.8, 4) is 34.3 Å². The lowest BCUT2D eigenvalue weighted by atomic mass is 10.1. The van der Waals surface area contributed by atoms with Crippen LogP contribution >= 0.6 is 400 Å². The van der Waals surface area contributed by atoms with Gasteiger partial charge >= 0.3 is 0 Å². The third-order valence-electron chi connectivity index (χ3n) is 10.2. The molecule has 0 amide bonds. The van der Waals surface area contributed by atoms with Gasteiger partial charge in [0.1, 0.15) is 6.17 Å². The van der Waals surface area contributed by atoms with Crippen molar-refractivity contribution in [2.24, 2.45) is 0 Å². The van der Waals surface area contributed by atoms with Gasteiger partial charge in [-0.2, -0.15) is 0 Å². The van der Waals surface area contributed by atoms with Gasteiger partial charge in [0.25, 0.3) is 5.89 Å². The summed E-state index contributed by atoms with van der Waals surface area (Å²) >= 11 is 0. The maximum absolute atomic E-state index is 12.9. The van der Waals surface area contributed by atoms with Crippen molar-refractivity contribution in [1.82, 2.24) is 25.5 Å². The molecule has 0 aliphatic carbocycles. The van der Waals surface area contributed by atoms with Crippen molar-refractivity contribution < 1.29 is 21.6 Å². The van der Waals surface area contributed by atoms with Crippen molar-refractivity contribution >= 4 is 415 Å². The summed E-state index contributed by atoms with van der Waals surface area (Å²) in [6.07, 6.45) is 0.476. The fourth-order valence-corrected chi connectivity index (χ4v) is 719. The lowest BCUT2D eigenvalue weighted by Crippen LogP contribution is -2.21. The highest BCUT2D eigenvalue weighted by molar-refractivity contribution is 9.52. The molecule has 9 nitrogen and oxygen atoms in total. The molecule has 0 bridgehead atoms. The van der Waals surface area contributed by atoms with Gasteiger partial charge in [0.2, 0.25) is 5.89 Å². The molecule has 0 saturated heterocycles. The standard InChI is InChI=1S/C26H28F2N6O3S.H52P50/c1-16(28)13-30-14-18-3-5-20(6-4-18)25-33-34-26(37-25)23-24(29)31-15-22(32-23)19-7-9-21(10-8-19)38(35,36)17(2)11-12-27;1-27(2)40(28(3)4)46(39(25)26)49(45(37(21)22)38(23)24)50(47(41(29(5)6)30(7)8)42(31(9)10)32(11)12)48(43(33(13)14)34(15)16)44(35(17)18)36(19)20/h3-10,15-17,30H,11-14H2,1-2H3,(H2,29,31);1-26H2. The average Bonchev–Trinajstić information content (AvgIpc) is 0.862. The first kappa shape index (κ1) is 99.9. The first-order valence-electron chi connectivity index (χ1n) is 23.3. The summed E-state index contributed by atoms with van der Waals surface area (Å²) in [6.45, 7) is -0.878. The predicted octanol–water partition coefficient (Wildman–Crippen LogP) is 33.6. The lowest BCUT2D eigenvalue weighted by molar-refractivity contribution is 0.344. The van der Waals surface area contributed by atoms with Gasteiger partial charge in [-0.05, 0) is 218 Å². The van der Waals surface area contributed by atoms with E-state index in [0.717, 1.165) is 5.56 Å². The molecule has 0 saturated carbocycles. The Kier molecular flexibility index (Phi) is 58.6. The van der Waals surface area contributed by atoms with Gasteiger partial charge in [-0.15, -0.1) is 242 Å². The second-order valence-electron chi connectivity index (χ2n) is 16.8. The smallest absolute Gasteiger partial charge is 0.270 e. The van der Waals surface area contributed by atoms with Crippen molar-refractivity contribution in [3.63, 3.8) is 0 Å². The van der Waals surface area contributed by atoms with Crippen molar-refractivity contribution in [2.45, 2.75) is 43.1 Å². The number of hydrogen-bond donors (Lipinski definition) is 2. The van der Waals surface area contributed by atoms with Gasteiger partial charge in [0.05, 0.1) is 28.7 Å². The first-order valence-corrected chi connectivity index (χ1v) is 115. The van der Waals surface area contributed by atoms with Crippen LogP contribution in [0.1, 0.15) is 25.8 Å². The Morgan fingerprint density at radius 3 is 1.17 bits per heavy atom. The minimum Gasteiger partial charge on any atom is -0.414 e. The number of anilines is 1. The van der Waals surface area contributed by atoms with Crippen LogP contribution in [0.3, 0.4) is 0 Å². The van der Waals surface area contributed by atoms with Crippen LogP contribution in [-0.4, -0.2) is 53.2 Å². The lowest BCUT2D eigenvalue weighted by Gasteiger charge is -2.58. The highest BCUT2D eigenvalue weighted by Crippen LogP contribution is 3.46. The fraction of sp³-hybridized carbons (Fsp3) is 0.308. The third-order valence-corrected chi connectivity index (χ3v) is 355. The summed E-state index contributed by atoms with van der Waals surface area (Å²) in [6, 6.07) is 13.5. The molecule has 4 aromatic rings. The zero-order chi connectivity index (χ0) is 67.1. The number of benzene rings is 2. The van der Waals surface area contributed by atoms with Crippen LogP contribution in [0.15, 0.2) is 64.0 Å². The number of nitrogens with two attached hydrogens (primary N) is 1. The molecule has 3 N–H and O–H groups in total. The molecule has 30 atom stereocenters. The molecule has 502 valence electrons. The minimum atomic E-state index is -3.64. The summed E-state index contributed by atoms with van der Waals surface area (Å²) in [4.78, 5) is 8.80. The predicted molar refractivity (Wildman–Crippen MR) is 559 cm³/mol. The Labute approximate surface area is 611 Å². The Bertz CT molecular complexity index is 2650. The number of sulfone groups is 1. The molecule has 0 aliphatic rings. The number of nitrogens with zero attached hydrogens (tertiary/aromatic N) is 4. The molecule has 0 fully saturated rings. The van der Waals surface area contributed by atoms with Crippen LogP contribution < -0.4 is 11.1 Å². The van der Waals surface area contributed by atoms with E-state index in [1.165, 1.54) is 32.2 Å². The molecule has 88 heavy (non-hydrogen) atoms. The number of hydrogen-bond acceptors (Lipinski definition) is 9. The van der Waals surface area contributed by atoms with E-state index in [4.69, 9.17) is 10.2 Å². The van der Waals surface area contributed by atoms with Crippen LogP contribution in [0.2, 0.25) is 0 Å². The highest BCUT2D eigenvalue weighted by atomic mass is 33.6. The summed E-state index contributed by atoms with van der Waals surface area (Å²) in [7, 11) is 86.8. The largest absolute Gasteiger partial charge is 0.414 e. The van der Waals surface area contributed by atoms with E-state index in [9.17, 15) is 17.2 Å². The SMILES string of the molecule is CC(F)CNCc1ccc(-c2nnc(-c3nc(-c4ccc(S(=O)(=O)C(C)CCF)cc4)cnc3N)o2)cc1.PP(P)P(P(P)P)P(P(P)P)P(P(P(P)P)P(P)P)P(P(P(P(P)P)P(P)P)P(P(P)P)P(P)P)P(P(P(P)P)P(P)P)P(P(P)P)P(P)P. The molecule has 30 unspecified atom stereocenters. The quantitative estimate of drug-likeness (QED) is 0.0438. The first-order chi connectivity index (χ1) is 40.9. The monoisotopic (exact) mass is 2140 g/mol. The van der Waals surface area contributed by atoms with E-state index in [2.05, 4.69) is 258 Å². The van der Waals surface area contributed by atoms with E-state index < -0.39 is 27.9 Å². The normalized spacial score (nSPS) is 14.6. The van der Waals surface area contributed by atoms with Gasteiger partial charge in [0.15, 0.2) is 21.3 Å². The number of halogens is 2. The van der Waals surface area contributed by atoms with Gasteiger partial charge < -0.3 is 15.5 Å². The van der Waals surface area contributed by atoms with Crippen molar-refractivity contribution in [1.29, 1.82) is 0 Å². The fourth-order valence-electron chi connectivity index (χ4n) is 6.61. The molecular weight excluding hydrogens is 2060 g/mol. The van der Waals surface area contributed by atoms with Crippen LogP contribution in [-0.2, 0) is 16.4 Å². The maximum Gasteiger partial charge on any atom is 0.270 e. The molecule has 0 spiro atoms. The summed E-state index contributed by atoms with van der Waals surface area (Å²) in [5, 5.41) is 10.4. The number of rotatable bonds is 34. The highest BCUT2D eigenvalue weighted by Gasteiger charge is 2.59. The summed E-state index contributed by atoms with van der Waals surface area (Å²) < 4.78 is 56.6. The summed E-state index contributed by atoms with van der Waals surface area (Å²) in [5.74, 6) is 0.431. The van der Waals surface area contributed by atoms with Crippen LogP contribution in [0, 0.1) is 0 Å². The molecule has 0 aliphatic heterocycles. The van der Waals surface area contributed by atoms with Gasteiger partial charge in [-0.1, -0.05) is 24.3 Å². The zero-order valence-corrected chi connectivity index (χ0v) is 99.0. The Morgan fingerprint density at radius 1 is 0.489 bits per heavy atom. The number of nitrogen functional groups attached to an aromatic ring is 1. The Balaban J connectivity index is 0.000000475. The number of nitrogens with one attached hydrogen (secondary N) is 1. The van der Waals surface area contributed by atoms with E-state index in [-0.39, 0.29) is 209 Å². The Hall–Kier alpha value is 17.7. The molecule has 62 heteroatoms. The molecule has 0 radical (unpaired) electrons. The van der Waals surface area contributed by atoms with E-state index >= 15 is 0 Å². The molecule has 2 heterocycles. The van der Waals surface area contributed by atoms with Crippen molar-refractivity contribution in [2.75, 3.05) is 19.0 Å². The second-order valence-corrected chi connectivity index (χ2v) is 224. The second kappa shape index (κ2) is 51.6. The maximum atomic E-state index is 12.9. The molecular formula is C26H80F2N6O3P50S. The van der Waals surface area contributed by atoms with Crippen LogP contribution in [0.5, 0.6) is 0 Å². The molecule has 2 aromatic heterocycles. The summed E-state index contributed by atoms with van der Waals surface area (Å²) in [5.41, 5.74) is 8.91.